The fraction of sp³-hybridized carbons (Fsp3) is 0.600. The molecular weight excluding hydrogens is 198 g/mol. The minimum Gasteiger partial charge on any atom is -0.301 e. The summed E-state index contributed by atoms with van der Waals surface area (Å²) in [6.07, 6.45) is 1.30. The Morgan fingerprint density at radius 3 is 3.00 bits per heavy atom. The molecule has 0 spiro atoms. The lowest BCUT2D eigenvalue weighted by Gasteiger charge is -2.27. The van der Waals surface area contributed by atoms with Crippen molar-refractivity contribution in [1.29, 1.82) is 0 Å². The molecule has 1 N–H and O–H groups in total. The highest BCUT2D eigenvalue weighted by Crippen LogP contribution is 2.38. The highest BCUT2D eigenvalue weighted by Gasteiger charge is 2.22. The Hall–Kier alpha value is 0.01000. The second-order valence-electron chi connectivity index (χ2n) is 3.54. The molecule has 2 rings (SSSR count). The van der Waals surface area contributed by atoms with E-state index in [1.807, 2.05) is 11.3 Å². The van der Waals surface area contributed by atoms with Gasteiger partial charge in [0.15, 0.2) is 0 Å². The number of thiophene rings is 1. The van der Waals surface area contributed by atoms with Crippen LogP contribution in [0.3, 0.4) is 0 Å². The van der Waals surface area contributed by atoms with Crippen LogP contribution in [0.5, 0.6) is 0 Å². The SMILES string of the molecule is Cc1ccsc1C1NCCC(C)S1. The van der Waals surface area contributed by atoms with Crippen LogP contribution in [0.4, 0.5) is 0 Å². The summed E-state index contributed by atoms with van der Waals surface area (Å²) in [6, 6.07) is 2.21. The molecule has 1 aromatic rings. The molecule has 1 aromatic heterocycles. The van der Waals surface area contributed by atoms with Gasteiger partial charge in [0.25, 0.3) is 0 Å². The van der Waals surface area contributed by atoms with Gasteiger partial charge in [-0.1, -0.05) is 6.92 Å². The third-order valence-corrected chi connectivity index (χ3v) is 5.00. The van der Waals surface area contributed by atoms with Crippen molar-refractivity contribution >= 4 is 23.1 Å². The summed E-state index contributed by atoms with van der Waals surface area (Å²) in [4.78, 5) is 1.51. The molecule has 1 aliphatic rings. The molecule has 0 aromatic carbocycles. The van der Waals surface area contributed by atoms with Gasteiger partial charge in [-0.05, 0) is 36.9 Å². The van der Waals surface area contributed by atoms with E-state index in [1.165, 1.54) is 16.9 Å². The van der Waals surface area contributed by atoms with Crippen molar-refractivity contribution in [3.63, 3.8) is 0 Å². The van der Waals surface area contributed by atoms with E-state index >= 15 is 0 Å². The minimum absolute atomic E-state index is 0.545. The monoisotopic (exact) mass is 213 g/mol. The first-order valence-corrected chi connectivity index (χ1v) is 6.52. The summed E-state index contributed by atoms with van der Waals surface area (Å²) in [6.45, 7) is 5.69. The van der Waals surface area contributed by atoms with Crippen LogP contribution in [-0.2, 0) is 0 Å². The lowest BCUT2D eigenvalue weighted by molar-refractivity contribution is 0.609. The van der Waals surface area contributed by atoms with E-state index < -0.39 is 0 Å². The van der Waals surface area contributed by atoms with Crippen molar-refractivity contribution in [3.8, 4) is 0 Å². The third kappa shape index (κ3) is 2.09. The molecule has 1 nitrogen and oxygen atoms in total. The van der Waals surface area contributed by atoms with Gasteiger partial charge >= 0.3 is 0 Å². The average molecular weight is 213 g/mol. The number of aryl methyl sites for hydroxylation is 1. The van der Waals surface area contributed by atoms with Crippen molar-refractivity contribution < 1.29 is 0 Å². The first-order chi connectivity index (χ1) is 6.27. The van der Waals surface area contributed by atoms with Gasteiger partial charge in [-0.3, -0.25) is 0 Å². The van der Waals surface area contributed by atoms with Gasteiger partial charge in [-0.25, -0.2) is 0 Å². The third-order valence-electron chi connectivity index (χ3n) is 2.39. The molecular formula is C10H15NS2. The van der Waals surface area contributed by atoms with Crippen LogP contribution in [0.15, 0.2) is 11.4 Å². The molecule has 1 fully saturated rings. The van der Waals surface area contributed by atoms with Gasteiger partial charge in [-0.15, -0.1) is 23.1 Å². The first kappa shape index (κ1) is 9.56. The Morgan fingerprint density at radius 2 is 2.38 bits per heavy atom. The highest BCUT2D eigenvalue weighted by molar-refractivity contribution is 8.00. The number of hydrogen-bond donors (Lipinski definition) is 1. The van der Waals surface area contributed by atoms with Gasteiger partial charge in [0.1, 0.15) is 0 Å². The molecule has 0 amide bonds. The normalized spacial score (nSPS) is 29.1. The maximum absolute atomic E-state index is 3.57. The van der Waals surface area contributed by atoms with E-state index in [0.29, 0.717) is 5.37 Å². The zero-order valence-corrected chi connectivity index (χ0v) is 9.67. The van der Waals surface area contributed by atoms with Gasteiger partial charge in [0.05, 0.1) is 5.37 Å². The van der Waals surface area contributed by atoms with E-state index in [4.69, 9.17) is 0 Å². The maximum atomic E-state index is 3.57. The fourth-order valence-electron chi connectivity index (χ4n) is 1.57. The van der Waals surface area contributed by atoms with Crippen LogP contribution in [-0.4, -0.2) is 11.8 Å². The topological polar surface area (TPSA) is 12.0 Å². The molecule has 1 aliphatic heterocycles. The van der Waals surface area contributed by atoms with Crippen LogP contribution in [0.2, 0.25) is 0 Å². The van der Waals surface area contributed by atoms with E-state index in [-0.39, 0.29) is 0 Å². The molecule has 0 radical (unpaired) electrons. The van der Waals surface area contributed by atoms with E-state index in [1.54, 1.807) is 0 Å². The molecule has 2 unspecified atom stereocenters. The van der Waals surface area contributed by atoms with E-state index in [0.717, 1.165) is 11.8 Å². The molecule has 3 heteroatoms. The van der Waals surface area contributed by atoms with Crippen LogP contribution >= 0.6 is 23.1 Å². The number of thioether (sulfide) groups is 1. The summed E-state index contributed by atoms with van der Waals surface area (Å²) in [5, 5.41) is 7.10. The first-order valence-electron chi connectivity index (χ1n) is 4.70. The molecule has 0 saturated carbocycles. The standard InChI is InChI=1S/C10H15NS2/c1-7-4-6-12-9(7)10-11-5-3-8(2)13-10/h4,6,8,10-11H,3,5H2,1-2H3. The Morgan fingerprint density at radius 1 is 1.54 bits per heavy atom. The fourth-order valence-corrected chi connectivity index (χ4v) is 4.03. The highest BCUT2D eigenvalue weighted by atomic mass is 32.2. The smallest absolute Gasteiger partial charge is 0.0888 e. The Kier molecular flexibility index (Phi) is 2.96. The van der Waals surface area contributed by atoms with Gasteiger partial charge in [-0.2, -0.15) is 0 Å². The van der Waals surface area contributed by atoms with Crippen molar-refractivity contribution in [3.05, 3.63) is 21.9 Å². The maximum Gasteiger partial charge on any atom is 0.0888 e. The van der Waals surface area contributed by atoms with Crippen molar-refractivity contribution in [2.75, 3.05) is 6.54 Å². The zero-order chi connectivity index (χ0) is 9.26. The Balaban J connectivity index is 2.12. The lowest BCUT2D eigenvalue weighted by atomic mass is 10.2. The van der Waals surface area contributed by atoms with Crippen LogP contribution in [0, 0.1) is 6.92 Å². The molecule has 1 saturated heterocycles. The minimum atomic E-state index is 0.545. The quantitative estimate of drug-likeness (QED) is 0.769. The molecule has 0 bridgehead atoms. The molecule has 0 aliphatic carbocycles. The number of rotatable bonds is 1. The van der Waals surface area contributed by atoms with Crippen LogP contribution in [0.25, 0.3) is 0 Å². The molecule has 2 atom stereocenters. The van der Waals surface area contributed by atoms with Gasteiger partial charge < -0.3 is 5.32 Å². The predicted molar refractivity (Wildman–Crippen MR) is 61.5 cm³/mol. The summed E-state index contributed by atoms with van der Waals surface area (Å²) >= 11 is 3.93. The number of hydrogen-bond acceptors (Lipinski definition) is 3. The second kappa shape index (κ2) is 4.03. The summed E-state index contributed by atoms with van der Waals surface area (Å²) < 4.78 is 0. The van der Waals surface area contributed by atoms with Crippen LogP contribution < -0.4 is 5.32 Å². The van der Waals surface area contributed by atoms with E-state index in [2.05, 4.69) is 42.4 Å². The molecule has 13 heavy (non-hydrogen) atoms. The number of nitrogens with one attached hydrogen (secondary N) is 1. The summed E-state index contributed by atoms with van der Waals surface area (Å²) in [7, 11) is 0. The van der Waals surface area contributed by atoms with Crippen molar-refractivity contribution in [2.24, 2.45) is 0 Å². The molecule has 2 heterocycles. The van der Waals surface area contributed by atoms with Gasteiger partial charge in [0.2, 0.25) is 0 Å². The summed E-state index contributed by atoms with van der Waals surface area (Å²) in [5.41, 5.74) is 1.43. The summed E-state index contributed by atoms with van der Waals surface area (Å²) in [5.74, 6) is 0. The van der Waals surface area contributed by atoms with E-state index in [9.17, 15) is 0 Å². The van der Waals surface area contributed by atoms with Crippen molar-refractivity contribution in [2.45, 2.75) is 30.9 Å². The zero-order valence-electron chi connectivity index (χ0n) is 8.04. The Labute approximate surface area is 87.9 Å². The second-order valence-corrected chi connectivity index (χ2v) is 6.03. The van der Waals surface area contributed by atoms with Crippen molar-refractivity contribution in [1.82, 2.24) is 5.32 Å². The lowest BCUT2D eigenvalue weighted by Crippen LogP contribution is -2.28. The average Bonchev–Trinajstić information content (AvgIpc) is 2.51. The van der Waals surface area contributed by atoms with Gasteiger partial charge in [0, 0.05) is 10.1 Å². The predicted octanol–water partition coefficient (Wildman–Crippen LogP) is 3.17. The van der Waals surface area contributed by atoms with Crippen LogP contribution in [0.1, 0.15) is 29.2 Å². The molecule has 72 valence electrons. The Bertz CT molecular complexity index is 282. The largest absolute Gasteiger partial charge is 0.301 e.